The van der Waals surface area contributed by atoms with E-state index in [-0.39, 0.29) is 18.9 Å². The van der Waals surface area contributed by atoms with Gasteiger partial charge in [0.25, 0.3) is 0 Å². The van der Waals surface area contributed by atoms with E-state index < -0.39 is 11.7 Å². The summed E-state index contributed by atoms with van der Waals surface area (Å²) in [4.78, 5) is 11.9. The summed E-state index contributed by atoms with van der Waals surface area (Å²) < 4.78 is 37.9. The third kappa shape index (κ3) is 5.16. The molecular weight excluding hydrogens is 341 g/mol. The van der Waals surface area contributed by atoms with Crippen molar-refractivity contribution in [1.82, 2.24) is 0 Å². The molecule has 24 heavy (non-hydrogen) atoms. The first-order valence-electron chi connectivity index (χ1n) is 7.23. The zero-order chi connectivity index (χ0) is 17.7. The summed E-state index contributed by atoms with van der Waals surface area (Å²) in [6, 6.07) is 9.97. The maximum absolute atomic E-state index is 12.6. The van der Waals surface area contributed by atoms with Gasteiger partial charge < -0.3 is 10.6 Å². The van der Waals surface area contributed by atoms with Crippen LogP contribution in [-0.4, -0.2) is 12.5 Å². The number of aryl methyl sites for hydroxylation is 1. The number of nitrogens with one attached hydrogen (secondary N) is 2. The van der Waals surface area contributed by atoms with Gasteiger partial charge in [0.1, 0.15) is 0 Å². The molecule has 0 aliphatic rings. The van der Waals surface area contributed by atoms with E-state index in [9.17, 15) is 18.0 Å². The Morgan fingerprint density at radius 3 is 2.58 bits per heavy atom. The molecule has 2 aromatic carbocycles. The minimum absolute atomic E-state index is 0.123. The molecule has 0 atom stereocenters. The van der Waals surface area contributed by atoms with Gasteiger partial charge in [0, 0.05) is 29.4 Å². The molecule has 7 heteroatoms. The van der Waals surface area contributed by atoms with E-state index in [1.165, 1.54) is 12.1 Å². The number of rotatable bonds is 5. The van der Waals surface area contributed by atoms with Crippen LogP contribution in [0.25, 0.3) is 0 Å². The van der Waals surface area contributed by atoms with Crippen molar-refractivity contribution >= 4 is 28.9 Å². The first-order chi connectivity index (χ1) is 11.3. The number of carbonyl (C=O) groups is 1. The number of carbonyl (C=O) groups excluding carboxylic acids is 1. The van der Waals surface area contributed by atoms with Crippen LogP contribution in [0.4, 0.5) is 24.5 Å². The Morgan fingerprint density at radius 1 is 1.17 bits per heavy atom. The van der Waals surface area contributed by atoms with Crippen LogP contribution in [0.15, 0.2) is 42.5 Å². The molecule has 0 bridgehead atoms. The maximum Gasteiger partial charge on any atom is 0.416 e. The zero-order valence-electron chi connectivity index (χ0n) is 12.9. The van der Waals surface area contributed by atoms with Crippen LogP contribution in [0.2, 0.25) is 5.02 Å². The molecule has 0 spiro atoms. The molecule has 0 saturated carbocycles. The average Bonchev–Trinajstić information content (AvgIpc) is 2.50. The smallest absolute Gasteiger partial charge is 0.385 e. The largest absolute Gasteiger partial charge is 0.416 e. The Labute approximate surface area is 142 Å². The molecule has 2 rings (SSSR count). The van der Waals surface area contributed by atoms with Gasteiger partial charge in [-0.25, -0.2) is 0 Å². The molecule has 0 aliphatic heterocycles. The number of halogens is 4. The standard InChI is InChI=1S/C17H16ClF3N2O/c1-11-9-13(18)5-6-15(11)23-16(24)7-8-22-14-4-2-3-12(10-14)17(19,20)21/h2-6,9-10,22H,7-8H2,1H3,(H,23,24). The summed E-state index contributed by atoms with van der Waals surface area (Å²) >= 11 is 5.85. The van der Waals surface area contributed by atoms with Crippen LogP contribution in [0.3, 0.4) is 0 Å². The van der Waals surface area contributed by atoms with Gasteiger partial charge in [-0.15, -0.1) is 0 Å². The van der Waals surface area contributed by atoms with E-state index in [1.54, 1.807) is 18.2 Å². The lowest BCUT2D eigenvalue weighted by molar-refractivity contribution is -0.137. The molecule has 0 aromatic heterocycles. The maximum atomic E-state index is 12.6. The lowest BCUT2D eigenvalue weighted by Gasteiger charge is -2.11. The fourth-order valence-corrected chi connectivity index (χ4v) is 2.33. The fourth-order valence-electron chi connectivity index (χ4n) is 2.11. The second-order valence-corrected chi connectivity index (χ2v) is 5.70. The first kappa shape index (κ1) is 18.1. The van der Waals surface area contributed by atoms with E-state index in [0.29, 0.717) is 16.4 Å². The molecule has 2 aromatic rings. The van der Waals surface area contributed by atoms with Crippen LogP contribution in [-0.2, 0) is 11.0 Å². The van der Waals surface area contributed by atoms with Gasteiger partial charge in [-0.2, -0.15) is 13.2 Å². The van der Waals surface area contributed by atoms with Crippen LogP contribution < -0.4 is 10.6 Å². The van der Waals surface area contributed by atoms with Crippen LogP contribution in [0, 0.1) is 6.92 Å². The number of anilines is 2. The highest BCUT2D eigenvalue weighted by atomic mass is 35.5. The molecule has 128 valence electrons. The summed E-state index contributed by atoms with van der Waals surface area (Å²) in [5, 5.41) is 6.14. The zero-order valence-corrected chi connectivity index (χ0v) is 13.6. The Bertz CT molecular complexity index is 732. The van der Waals surface area contributed by atoms with Crippen molar-refractivity contribution < 1.29 is 18.0 Å². The second kappa shape index (κ2) is 7.57. The highest BCUT2D eigenvalue weighted by Gasteiger charge is 2.30. The molecule has 1 amide bonds. The molecule has 0 unspecified atom stereocenters. The summed E-state index contributed by atoms with van der Waals surface area (Å²) in [6.45, 7) is 2.04. The Kier molecular flexibility index (Phi) is 5.72. The fraction of sp³-hybridized carbons (Fsp3) is 0.235. The minimum atomic E-state index is -4.39. The summed E-state index contributed by atoms with van der Waals surface area (Å²) in [7, 11) is 0. The Balaban J connectivity index is 1.87. The van der Waals surface area contributed by atoms with Gasteiger partial charge in [-0.3, -0.25) is 4.79 Å². The molecule has 3 nitrogen and oxygen atoms in total. The lowest BCUT2D eigenvalue weighted by atomic mass is 10.2. The van der Waals surface area contributed by atoms with E-state index in [1.807, 2.05) is 6.92 Å². The van der Waals surface area contributed by atoms with Crippen molar-refractivity contribution in [3.8, 4) is 0 Å². The molecule has 0 saturated heterocycles. The quantitative estimate of drug-likeness (QED) is 0.781. The number of alkyl halides is 3. The average molecular weight is 357 g/mol. The van der Waals surface area contributed by atoms with Crippen molar-refractivity contribution in [3.05, 3.63) is 58.6 Å². The van der Waals surface area contributed by atoms with E-state index >= 15 is 0 Å². The van der Waals surface area contributed by atoms with Crippen molar-refractivity contribution in [2.75, 3.05) is 17.2 Å². The molecule has 2 N–H and O–H groups in total. The lowest BCUT2D eigenvalue weighted by Crippen LogP contribution is -2.17. The van der Waals surface area contributed by atoms with Gasteiger partial charge >= 0.3 is 6.18 Å². The van der Waals surface area contributed by atoms with E-state index in [0.717, 1.165) is 17.7 Å². The second-order valence-electron chi connectivity index (χ2n) is 5.26. The molecule has 0 heterocycles. The molecule has 0 radical (unpaired) electrons. The summed E-state index contributed by atoms with van der Waals surface area (Å²) in [5.74, 6) is -0.236. The SMILES string of the molecule is Cc1cc(Cl)ccc1NC(=O)CCNc1cccc(C(F)(F)F)c1. The molecule has 0 fully saturated rings. The topological polar surface area (TPSA) is 41.1 Å². The Morgan fingerprint density at radius 2 is 1.92 bits per heavy atom. The van der Waals surface area contributed by atoms with E-state index in [4.69, 9.17) is 11.6 Å². The minimum Gasteiger partial charge on any atom is -0.385 e. The first-order valence-corrected chi connectivity index (χ1v) is 7.60. The van der Waals surface area contributed by atoms with Crippen molar-refractivity contribution in [2.45, 2.75) is 19.5 Å². The summed E-state index contributed by atoms with van der Waals surface area (Å²) in [6.07, 6.45) is -4.26. The number of benzene rings is 2. The Hall–Kier alpha value is -2.21. The van der Waals surface area contributed by atoms with E-state index in [2.05, 4.69) is 10.6 Å². The number of amides is 1. The van der Waals surface area contributed by atoms with Crippen LogP contribution in [0.1, 0.15) is 17.5 Å². The van der Waals surface area contributed by atoms with Gasteiger partial charge in [0.2, 0.25) is 5.91 Å². The molecule has 0 aliphatic carbocycles. The van der Waals surface area contributed by atoms with Crippen LogP contribution >= 0.6 is 11.6 Å². The predicted molar refractivity (Wildman–Crippen MR) is 89.4 cm³/mol. The van der Waals surface area contributed by atoms with Gasteiger partial charge in [-0.05, 0) is 48.9 Å². The van der Waals surface area contributed by atoms with Gasteiger partial charge in [-0.1, -0.05) is 17.7 Å². The highest BCUT2D eigenvalue weighted by Crippen LogP contribution is 2.30. The monoisotopic (exact) mass is 356 g/mol. The number of hydrogen-bond acceptors (Lipinski definition) is 2. The van der Waals surface area contributed by atoms with Gasteiger partial charge in [0.15, 0.2) is 0 Å². The van der Waals surface area contributed by atoms with Crippen molar-refractivity contribution in [2.24, 2.45) is 0 Å². The van der Waals surface area contributed by atoms with Crippen LogP contribution in [0.5, 0.6) is 0 Å². The summed E-state index contributed by atoms with van der Waals surface area (Å²) in [5.41, 5.74) is 1.08. The normalized spacial score (nSPS) is 11.2. The highest BCUT2D eigenvalue weighted by molar-refractivity contribution is 6.30. The third-order valence-electron chi connectivity index (χ3n) is 3.33. The predicted octanol–water partition coefficient (Wildman–Crippen LogP) is 5.11. The van der Waals surface area contributed by atoms with Crippen molar-refractivity contribution in [1.29, 1.82) is 0 Å². The third-order valence-corrected chi connectivity index (χ3v) is 3.57. The molecular formula is C17H16ClF3N2O. The number of hydrogen-bond donors (Lipinski definition) is 2. The van der Waals surface area contributed by atoms with Crippen molar-refractivity contribution in [3.63, 3.8) is 0 Å². The van der Waals surface area contributed by atoms with Gasteiger partial charge in [0.05, 0.1) is 5.56 Å².